The van der Waals surface area contributed by atoms with E-state index in [0.29, 0.717) is 20.5 Å². The summed E-state index contributed by atoms with van der Waals surface area (Å²) in [4.78, 5) is 25.2. The average molecular weight is 359 g/mol. The summed E-state index contributed by atoms with van der Waals surface area (Å²) in [6, 6.07) is 11.7. The summed E-state index contributed by atoms with van der Waals surface area (Å²) >= 11 is 6.38. The Morgan fingerprint density at radius 1 is 1.12 bits per heavy atom. The van der Waals surface area contributed by atoms with E-state index < -0.39 is 11.8 Å². The third kappa shape index (κ3) is 3.22. The maximum absolute atomic E-state index is 13.0. The molecule has 0 aliphatic carbocycles. The predicted molar refractivity (Wildman–Crippen MR) is 95.5 cm³/mol. The molecule has 2 aromatic carbocycles. The van der Waals surface area contributed by atoms with Crippen LogP contribution in [0.15, 0.2) is 53.4 Å². The van der Waals surface area contributed by atoms with Crippen LogP contribution < -0.4 is 4.90 Å². The fourth-order valence-electron chi connectivity index (χ4n) is 2.15. The van der Waals surface area contributed by atoms with Crippen molar-refractivity contribution >= 4 is 51.9 Å². The molecule has 1 amide bonds. The first-order valence-electron chi connectivity index (χ1n) is 6.82. The molecule has 0 saturated carbocycles. The zero-order valence-electron chi connectivity index (χ0n) is 12.1. The van der Waals surface area contributed by atoms with Gasteiger partial charge in [-0.05, 0) is 48.0 Å². The summed E-state index contributed by atoms with van der Waals surface area (Å²) in [7, 11) is 0. The number of thiocarbonyl (C=S) groups is 1. The molecular weight excluding hydrogens is 349 g/mol. The lowest BCUT2D eigenvalue weighted by atomic mass is 10.1. The number of carboxylic acids is 1. The molecule has 1 heterocycles. The molecule has 24 heavy (non-hydrogen) atoms. The summed E-state index contributed by atoms with van der Waals surface area (Å²) in [6.45, 7) is 0. The largest absolute Gasteiger partial charge is 0.478 e. The topological polar surface area (TPSA) is 57.6 Å². The van der Waals surface area contributed by atoms with E-state index in [1.54, 1.807) is 18.2 Å². The number of anilines is 1. The average Bonchev–Trinajstić information content (AvgIpc) is 2.83. The molecule has 0 unspecified atom stereocenters. The predicted octanol–water partition coefficient (Wildman–Crippen LogP) is 3.93. The summed E-state index contributed by atoms with van der Waals surface area (Å²) < 4.78 is 13.4. The standard InChI is InChI=1S/C17H10FNO3S2/c18-12-5-7-13(8-6-12)19-15(20)14(24-17(19)23)9-10-1-3-11(4-2-10)16(21)22/h1-9H,(H,21,22)/b14-9-. The zero-order valence-corrected chi connectivity index (χ0v) is 13.7. The molecule has 1 fully saturated rings. The molecule has 1 N–H and O–H groups in total. The molecule has 120 valence electrons. The Bertz CT molecular complexity index is 860. The van der Waals surface area contributed by atoms with Gasteiger partial charge in [-0.25, -0.2) is 9.18 Å². The number of benzene rings is 2. The Kier molecular flexibility index (Phi) is 4.46. The molecule has 1 saturated heterocycles. The van der Waals surface area contributed by atoms with Gasteiger partial charge in [0.2, 0.25) is 0 Å². The maximum atomic E-state index is 13.0. The number of halogens is 1. The van der Waals surface area contributed by atoms with Crippen molar-refractivity contribution in [2.24, 2.45) is 0 Å². The van der Waals surface area contributed by atoms with Gasteiger partial charge in [-0.15, -0.1) is 0 Å². The van der Waals surface area contributed by atoms with E-state index in [2.05, 4.69) is 0 Å². The highest BCUT2D eigenvalue weighted by atomic mass is 32.2. The quantitative estimate of drug-likeness (QED) is 0.665. The smallest absolute Gasteiger partial charge is 0.335 e. The number of nitrogens with zero attached hydrogens (tertiary/aromatic N) is 1. The van der Waals surface area contributed by atoms with Crippen molar-refractivity contribution in [3.8, 4) is 0 Å². The number of carbonyl (C=O) groups is 2. The second-order valence-corrected chi connectivity index (χ2v) is 6.60. The van der Waals surface area contributed by atoms with Crippen LogP contribution in [0.1, 0.15) is 15.9 Å². The monoisotopic (exact) mass is 359 g/mol. The number of rotatable bonds is 3. The van der Waals surface area contributed by atoms with E-state index in [1.807, 2.05) is 0 Å². The number of hydrogen-bond donors (Lipinski definition) is 1. The van der Waals surface area contributed by atoms with E-state index in [-0.39, 0.29) is 11.5 Å². The molecule has 1 aliphatic heterocycles. The zero-order chi connectivity index (χ0) is 17.3. The number of carbonyl (C=O) groups excluding carboxylic acids is 1. The second kappa shape index (κ2) is 6.54. The van der Waals surface area contributed by atoms with Gasteiger partial charge in [0, 0.05) is 0 Å². The molecule has 4 nitrogen and oxygen atoms in total. The third-order valence-corrected chi connectivity index (χ3v) is 4.64. The lowest BCUT2D eigenvalue weighted by Crippen LogP contribution is -2.27. The maximum Gasteiger partial charge on any atom is 0.335 e. The highest BCUT2D eigenvalue weighted by Gasteiger charge is 2.33. The minimum atomic E-state index is -1.01. The van der Waals surface area contributed by atoms with Crippen LogP contribution in [0.3, 0.4) is 0 Å². The van der Waals surface area contributed by atoms with Gasteiger partial charge in [0.15, 0.2) is 4.32 Å². The molecule has 1 aliphatic rings. The van der Waals surface area contributed by atoms with E-state index >= 15 is 0 Å². The number of thioether (sulfide) groups is 1. The van der Waals surface area contributed by atoms with Crippen LogP contribution in [-0.4, -0.2) is 21.3 Å². The Morgan fingerprint density at radius 2 is 1.75 bits per heavy atom. The summed E-state index contributed by atoms with van der Waals surface area (Å²) in [5.74, 6) is -1.69. The van der Waals surface area contributed by atoms with Gasteiger partial charge in [-0.1, -0.05) is 36.1 Å². The van der Waals surface area contributed by atoms with Crippen LogP contribution in [0.4, 0.5) is 10.1 Å². The van der Waals surface area contributed by atoms with Gasteiger partial charge >= 0.3 is 5.97 Å². The van der Waals surface area contributed by atoms with E-state index in [1.165, 1.54) is 41.3 Å². The minimum Gasteiger partial charge on any atom is -0.478 e. The van der Waals surface area contributed by atoms with Crippen molar-refractivity contribution in [2.45, 2.75) is 0 Å². The van der Waals surface area contributed by atoms with Crippen molar-refractivity contribution in [2.75, 3.05) is 4.90 Å². The summed E-state index contributed by atoms with van der Waals surface area (Å²) in [6.07, 6.45) is 1.65. The number of amides is 1. The van der Waals surface area contributed by atoms with Gasteiger partial charge in [-0.2, -0.15) is 0 Å². The molecule has 3 rings (SSSR count). The molecule has 0 bridgehead atoms. The first kappa shape index (κ1) is 16.4. The highest BCUT2D eigenvalue weighted by molar-refractivity contribution is 8.27. The number of carboxylic acid groups (broad SMARTS) is 1. The Morgan fingerprint density at radius 3 is 2.33 bits per heavy atom. The second-order valence-electron chi connectivity index (χ2n) is 4.92. The molecule has 0 aromatic heterocycles. The lowest BCUT2D eigenvalue weighted by Gasteiger charge is -2.14. The van der Waals surface area contributed by atoms with Crippen LogP contribution in [0.25, 0.3) is 6.08 Å². The van der Waals surface area contributed by atoms with E-state index in [9.17, 15) is 14.0 Å². The molecular formula is C17H10FNO3S2. The van der Waals surface area contributed by atoms with Gasteiger partial charge in [-0.3, -0.25) is 9.69 Å². The number of hydrogen-bond acceptors (Lipinski definition) is 4. The van der Waals surface area contributed by atoms with Crippen molar-refractivity contribution < 1.29 is 19.1 Å². The van der Waals surface area contributed by atoms with Crippen molar-refractivity contribution in [1.29, 1.82) is 0 Å². The fraction of sp³-hybridized carbons (Fsp3) is 0. The lowest BCUT2D eigenvalue weighted by molar-refractivity contribution is -0.113. The Balaban J connectivity index is 1.87. The van der Waals surface area contributed by atoms with Gasteiger partial charge in [0.25, 0.3) is 5.91 Å². The van der Waals surface area contributed by atoms with Crippen LogP contribution in [0, 0.1) is 5.82 Å². The summed E-state index contributed by atoms with van der Waals surface area (Å²) in [5, 5.41) is 8.89. The van der Waals surface area contributed by atoms with Gasteiger partial charge in [0.1, 0.15) is 5.82 Å². The van der Waals surface area contributed by atoms with Crippen LogP contribution in [-0.2, 0) is 4.79 Å². The first-order chi connectivity index (χ1) is 11.5. The Hall–Kier alpha value is -2.51. The van der Waals surface area contributed by atoms with Gasteiger partial charge < -0.3 is 5.11 Å². The van der Waals surface area contributed by atoms with Crippen molar-refractivity contribution in [3.63, 3.8) is 0 Å². The fourth-order valence-corrected chi connectivity index (χ4v) is 3.45. The van der Waals surface area contributed by atoms with E-state index in [4.69, 9.17) is 17.3 Å². The van der Waals surface area contributed by atoms with Crippen LogP contribution in [0.2, 0.25) is 0 Å². The molecule has 0 atom stereocenters. The SMILES string of the molecule is O=C(O)c1ccc(/C=C2\SC(=S)N(c3ccc(F)cc3)C2=O)cc1. The van der Waals surface area contributed by atoms with E-state index in [0.717, 1.165) is 11.8 Å². The van der Waals surface area contributed by atoms with Crippen LogP contribution >= 0.6 is 24.0 Å². The number of aromatic carboxylic acids is 1. The molecule has 7 heteroatoms. The summed E-state index contributed by atoms with van der Waals surface area (Å²) in [5.41, 5.74) is 1.37. The molecule has 0 spiro atoms. The molecule has 0 radical (unpaired) electrons. The normalized spacial score (nSPS) is 16.0. The third-order valence-electron chi connectivity index (χ3n) is 3.33. The Labute approximate surface area is 146 Å². The van der Waals surface area contributed by atoms with Gasteiger partial charge in [0.05, 0.1) is 16.2 Å². The van der Waals surface area contributed by atoms with Crippen LogP contribution in [0.5, 0.6) is 0 Å². The minimum absolute atomic E-state index is 0.172. The molecule has 2 aromatic rings. The van der Waals surface area contributed by atoms with Crippen molar-refractivity contribution in [1.82, 2.24) is 0 Å². The van der Waals surface area contributed by atoms with Crippen molar-refractivity contribution in [3.05, 3.63) is 70.4 Å². The first-order valence-corrected chi connectivity index (χ1v) is 8.05. The highest BCUT2D eigenvalue weighted by Crippen LogP contribution is 2.36.